The van der Waals surface area contributed by atoms with Crippen LogP contribution in [0.2, 0.25) is 0 Å². The van der Waals surface area contributed by atoms with Crippen molar-refractivity contribution >= 4 is 23.4 Å². The molecule has 0 aliphatic rings. The van der Waals surface area contributed by atoms with Crippen LogP contribution in [0.5, 0.6) is 0 Å². The van der Waals surface area contributed by atoms with Crippen molar-refractivity contribution in [2.45, 2.75) is 6.92 Å². The molecule has 96 valence electrons. The van der Waals surface area contributed by atoms with Crippen molar-refractivity contribution in [2.75, 3.05) is 28.3 Å². The Morgan fingerprint density at radius 3 is 2.24 bits per heavy atom. The van der Waals surface area contributed by atoms with Crippen LogP contribution < -0.4 is 5.32 Å². The molecule has 0 aromatic carbocycles. The van der Waals surface area contributed by atoms with Gasteiger partial charge >= 0.3 is 6.09 Å². The van der Waals surface area contributed by atoms with Crippen LogP contribution in [0.25, 0.3) is 0 Å². The fraction of sp³-hybridized carbons (Fsp3) is 0.556. The van der Waals surface area contributed by atoms with Crippen LogP contribution in [0.3, 0.4) is 0 Å². The summed E-state index contributed by atoms with van der Waals surface area (Å²) in [5, 5.41) is 9.19. The van der Waals surface area contributed by atoms with E-state index >= 15 is 0 Å². The number of rotatable bonds is 4. The summed E-state index contributed by atoms with van der Waals surface area (Å²) in [6.45, 7) is 1.51. The number of nitrogens with zero attached hydrogens (tertiary/aromatic N) is 3. The predicted molar refractivity (Wildman–Crippen MR) is 61.8 cm³/mol. The van der Waals surface area contributed by atoms with Gasteiger partial charge in [-0.1, -0.05) is 10.3 Å². The molecule has 17 heavy (non-hydrogen) atoms. The van der Waals surface area contributed by atoms with Crippen molar-refractivity contribution < 1.29 is 19.3 Å². The van der Waals surface area contributed by atoms with E-state index in [9.17, 15) is 9.59 Å². The van der Waals surface area contributed by atoms with E-state index in [-0.39, 0.29) is 11.4 Å². The molecule has 0 spiro atoms. The summed E-state index contributed by atoms with van der Waals surface area (Å²) >= 11 is 0. The van der Waals surface area contributed by atoms with Gasteiger partial charge in [-0.2, -0.15) is 0 Å². The molecule has 0 saturated heterocycles. The predicted octanol–water partition coefficient (Wildman–Crippen LogP) is -0.191. The SMILES string of the molecule is CNC(=O)O/N=C(C(=O)N(C)C)\C(C)=N\OC. The molecule has 0 heterocycles. The van der Waals surface area contributed by atoms with Crippen LogP contribution in [0.15, 0.2) is 10.3 Å². The number of carbonyl (C=O) groups is 2. The van der Waals surface area contributed by atoms with E-state index in [0.717, 1.165) is 0 Å². The van der Waals surface area contributed by atoms with Gasteiger partial charge in [0.2, 0.25) is 0 Å². The van der Waals surface area contributed by atoms with Crippen molar-refractivity contribution in [3.63, 3.8) is 0 Å². The van der Waals surface area contributed by atoms with Crippen LogP contribution in [0.4, 0.5) is 4.79 Å². The van der Waals surface area contributed by atoms with Crippen molar-refractivity contribution in [1.29, 1.82) is 0 Å². The summed E-state index contributed by atoms with van der Waals surface area (Å²) < 4.78 is 0. The fourth-order valence-electron chi connectivity index (χ4n) is 0.785. The Kier molecular flexibility index (Phi) is 6.30. The standard InChI is InChI=1S/C9H16N4O4/c1-6(11-16-5)7(8(14)13(3)4)12-17-9(15)10-2/h1-5H3,(H,10,15)/b11-6+,12-7+. The molecule has 8 heteroatoms. The summed E-state index contributed by atoms with van der Waals surface area (Å²) in [6, 6.07) is 0. The van der Waals surface area contributed by atoms with E-state index in [0.29, 0.717) is 0 Å². The van der Waals surface area contributed by atoms with E-state index in [1.165, 1.54) is 40.1 Å². The molecule has 1 N–H and O–H groups in total. The Labute approximate surface area is 99.2 Å². The summed E-state index contributed by atoms with van der Waals surface area (Å²) in [5.74, 6) is -0.452. The second-order valence-electron chi connectivity index (χ2n) is 3.13. The number of hydrogen-bond donors (Lipinski definition) is 1. The molecule has 0 unspecified atom stereocenters. The maximum atomic E-state index is 11.7. The van der Waals surface area contributed by atoms with Crippen LogP contribution in [-0.4, -0.2) is 56.6 Å². The molecule has 0 aliphatic heterocycles. The second-order valence-corrected chi connectivity index (χ2v) is 3.13. The number of hydrogen-bond acceptors (Lipinski definition) is 6. The molecule has 0 fully saturated rings. The van der Waals surface area contributed by atoms with Gasteiger partial charge in [0.15, 0.2) is 5.71 Å². The molecule has 2 amide bonds. The molecular formula is C9H16N4O4. The Bertz CT molecular complexity index is 349. The van der Waals surface area contributed by atoms with Crippen LogP contribution >= 0.6 is 0 Å². The first-order valence-corrected chi connectivity index (χ1v) is 4.70. The van der Waals surface area contributed by atoms with E-state index < -0.39 is 12.0 Å². The molecule has 0 rings (SSSR count). The first kappa shape index (κ1) is 14.9. The minimum absolute atomic E-state index is 0.111. The average molecular weight is 244 g/mol. The summed E-state index contributed by atoms with van der Waals surface area (Å²) in [6.07, 6.45) is -0.778. The van der Waals surface area contributed by atoms with Crippen molar-refractivity contribution in [3.8, 4) is 0 Å². The zero-order valence-corrected chi connectivity index (χ0v) is 10.5. The van der Waals surface area contributed by atoms with Gasteiger partial charge in [-0.05, 0) is 6.92 Å². The smallest absolute Gasteiger partial charge is 0.399 e. The molecule has 0 aliphatic carbocycles. The lowest BCUT2D eigenvalue weighted by atomic mass is 10.2. The zero-order valence-electron chi connectivity index (χ0n) is 10.5. The number of amides is 2. The maximum absolute atomic E-state index is 11.7. The van der Waals surface area contributed by atoms with Gasteiger partial charge in [-0.15, -0.1) is 0 Å². The van der Waals surface area contributed by atoms with Crippen molar-refractivity contribution in [3.05, 3.63) is 0 Å². The fourth-order valence-corrected chi connectivity index (χ4v) is 0.785. The first-order chi connectivity index (χ1) is 7.93. The molecule has 0 atom stereocenters. The highest BCUT2D eigenvalue weighted by Gasteiger charge is 2.19. The molecule has 8 nitrogen and oxygen atoms in total. The first-order valence-electron chi connectivity index (χ1n) is 4.70. The molecule has 0 saturated carbocycles. The maximum Gasteiger partial charge on any atom is 0.433 e. The van der Waals surface area contributed by atoms with Gasteiger partial charge < -0.3 is 15.1 Å². The number of carbonyl (C=O) groups excluding carboxylic acids is 2. The monoisotopic (exact) mass is 244 g/mol. The molecular weight excluding hydrogens is 228 g/mol. The lowest BCUT2D eigenvalue weighted by Gasteiger charge is -2.11. The molecule has 0 aromatic rings. The Hall–Kier alpha value is -2.12. The second kappa shape index (κ2) is 7.20. The summed E-state index contributed by atoms with van der Waals surface area (Å²) in [4.78, 5) is 32.8. The van der Waals surface area contributed by atoms with Gasteiger partial charge in [0.05, 0.1) is 0 Å². The Morgan fingerprint density at radius 1 is 1.24 bits per heavy atom. The minimum Gasteiger partial charge on any atom is -0.399 e. The largest absolute Gasteiger partial charge is 0.433 e. The Morgan fingerprint density at radius 2 is 1.82 bits per heavy atom. The van der Waals surface area contributed by atoms with Crippen LogP contribution in [0.1, 0.15) is 6.92 Å². The van der Waals surface area contributed by atoms with Gasteiger partial charge in [-0.25, -0.2) is 4.79 Å². The molecule has 0 radical (unpaired) electrons. The third kappa shape index (κ3) is 4.96. The van der Waals surface area contributed by atoms with Gasteiger partial charge in [0.25, 0.3) is 5.91 Å². The summed E-state index contributed by atoms with van der Waals surface area (Å²) in [5.41, 5.74) is 0.0931. The number of oxime groups is 2. The van der Waals surface area contributed by atoms with Gasteiger partial charge in [0.1, 0.15) is 12.8 Å². The zero-order chi connectivity index (χ0) is 13.4. The van der Waals surface area contributed by atoms with E-state index in [1.54, 1.807) is 0 Å². The highest BCUT2D eigenvalue weighted by atomic mass is 16.7. The highest BCUT2D eigenvalue weighted by Crippen LogP contribution is 1.94. The lowest BCUT2D eigenvalue weighted by Crippen LogP contribution is -2.35. The Balaban J connectivity index is 5.04. The van der Waals surface area contributed by atoms with Gasteiger partial charge in [0, 0.05) is 21.1 Å². The van der Waals surface area contributed by atoms with Crippen LogP contribution in [-0.2, 0) is 14.5 Å². The lowest BCUT2D eigenvalue weighted by molar-refractivity contribution is -0.121. The highest BCUT2D eigenvalue weighted by molar-refractivity contribution is 6.66. The van der Waals surface area contributed by atoms with Crippen LogP contribution in [0, 0.1) is 0 Å². The number of nitrogens with one attached hydrogen (secondary N) is 1. The minimum atomic E-state index is -0.778. The molecule has 0 bridgehead atoms. The van der Waals surface area contributed by atoms with E-state index in [4.69, 9.17) is 0 Å². The van der Waals surface area contributed by atoms with Gasteiger partial charge in [-0.3, -0.25) is 9.63 Å². The van der Waals surface area contributed by atoms with Crippen molar-refractivity contribution in [2.24, 2.45) is 10.3 Å². The third-order valence-electron chi connectivity index (χ3n) is 1.60. The van der Waals surface area contributed by atoms with E-state index in [1.807, 2.05) is 0 Å². The average Bonchev–Trinajstić information content (AvgIpc) is 2.28. The van der Waals surface area contributed by atoms with E-state index in [2.05, 4.69) is 25.3 Å². The van der Waals surface area contributed by atoms with Crippen molar-refractivity contribution in [1.82, 2.24) is 10.2 Å². The topological polar surface area (TPSA) is 92.6 Å². The normalized spacial score (nSPS) is 11.8. The molecule has 0 aromatic heterocycles. The summed E-state index contributed by atoms with van der Waals surface area (Å²) in [7, 11) is 5.79. The third-order valence-corrected chi connectivity index (χ3v) is 1.60. The quantitative estimate of drug-likeness (QED) is 0.421.